The van der Waals surface area contributed by atoms with Crippen LogP contribution in [0.3, 0.4) is 0 Å². The third kappa shape index (κ3) is 4.56. The van der Waals surface area contributed by atoms with E-state index >= 15 is 0 Å². The molecule has 1 saturated carbocycles. The van der Waals surface area contributed by atoms with Crippen molar-refractivity contribution in [2.45, 2.75) is 64.5 Å². The SMILES string of the molecule is CC(C)(C)C(NC(=O)C1(NC(=O)c2cnccn2)CCCCC1)C(=O)O. The highest BCUT2D eigenvalue weighted by molar-refractivity contribution is 5.98. The van der Waals surface area contributed by atoms with Gasteiger partial charge in [-0.15, -0.1) is 0 Å². The highest BCUT2D eigenvalue weighted by Gasteiger charge is 2.44. The van der Waals surface area contributed by atoms with Gasteiger partial charge in [0.25, 0.3) is 5.91 Å². The van der Waals surface area contributed by atoms with Gasteiger partial charge in [0.2, 0.25) is 5.91 Å². The number of carbonyl (C=O) groups is 3. The van der Waals surface area contributed by atoms with Gasteiger partial charge in [0.15, 0.2) is 0 Å². The predicted octanol–water partition coefficient (Wildman–Crippen LogP) is 1.52. The number of hydrogen-bond acceptors (Lipinski definition) is 5. The van der Waals surface area contributed by atoms with Crippen LogP contribution in [0.2, 0.25) is 0 Å². The Balaban J connectivity index is 2.24. The van der Waals surface area contributed by atoms with Crippen molar-refractivity contribution < 1.29 is 19.5 Å². The second-order valence-corrected chi connectivity index (χ2v) is 7.80. The van der Waals surface area contributed by atoms with Crippen molar-refractivity contribution in [1.82, 2.24) is 20.6 Å². The van der Waals surface area contributed by atoms with Gasteiger partial charge in [-0.2, -0.15) is 0 Å². The summed E-state index contributed by atoms with van der Waals surface area (Å²) in [5.74, 6) is -2.05. The first-order chi connectivity index (χ1) is 12.2. The minimum Gasteiger partial charge on any atom is -0.480 e. The lowest BCUT2D eigenvalue weighted by molar-refractivity contribution is -0.146. The lowest BCUT2D eigenvalue weighted by Crippen LogP contribution is -2.63. The summed E-state index contributed by atoms with van der Waals surface area (Å²) < 4.78 is 0. The molecule has 0 aliphatic heterocycles. The zero-order valence-electron chi connectivity index (χ0n) is 15.4. The predicted molar refractivity (Wildman–Crippen MR) is 94.3 cm³/mol. The highest BCUT2D eigenvalue weighted by atomic mass is 16.4. The Bertz CT molecular complexity index is 664. The Morgan fingerprint density at radius 1 is 1.15 bits per heavy atom. The molecular formula is C18H26N4O4. The Morgan fingerprint density at radius 2 is 1.81 bits per heavy atom. The molecule has 1 aliphatic carbocycles. The van der Waals surface area contributed by atoms with E-state index in [9.17, 15) is 19.5 Å². The third-order valence-corrected chi connectivity index (χ3v) is 4.68. The highest BCUT2D eigenvalue weighted by Crippen LogP contribution is 2.30. The summed E-state index contributed by atoms with van der Waals surface area (Å²) in [4.78, 5) is 45.0. The van der Waals surface area contributed by atoms with Crippen LogP contribution in [0.25, 0.3) is 0 Å². The van der Waals surface area contributed by atoms with Crippen molar-refractivity contribution in [2.75, 3.05) is 0 Å². The topological polar surface area (TPSA) is 121 Å². The van der Waals surface area contributed by atoms with Crippen LogP contribution in [0, 0.1) is 5.41 Å². The minimum absolute atomic E-state index is 0.121. The van der Waals surface area contributed by atoms with Gasteiger partial charge in [0, 0.05) is 12.4 Å². The van der Waals surface area contributed by atoms with Crippen molar-refractivity contribution in [3.05, 3.63) is 24.3 Å². The van der Waals surface area contributed by atoms with Crippen molar-refractivity contribution >= 4 is 17.8 Å². The maximum Gasteiger partial charge on any atom is 0.326 e. The molecule has 0 aromatic carbocycles. The van der Waals surface area contributed by atoms with Crippen molar-refractivity contribution in [3.8, 4) is 0 Å². The van der Waals surface area contributed by atoms with Crippen LogP contribution >= 0.6 is 0 Å². The molecule has 0 saturated heterocycles. The summed E-state index contributed by atoms with van der Waals surface area (Å²) in [5.41, 5.74) is -1.67. The van der Waals surface area contributed by atoms with Gasteiger partial charge in [-0.05, 0) is 18.3 Å². The van der Waals surface area contributed by atoms with Crippen molar-refractivity contribution in [2.24, 2.45) is 5.41 Å². The molecule has 1 fully saturated rings. The molecule has 8 nitrogen and oxygen atoms in total. The largest absolute Gasteiger partial charge is 0.480 e. The van der Waals surface area contributed by atoms with Crippen LogP contribution < -0.4 is 10.6 Å². The molecule has 1 aromatic rings. The fourth-order valence-electron chi connectivity index (χ4n) is 3.18. The van der Waals surface area contributed by atoms with E-state index in [2.05, 4.69) is 20.6 Å². The van der Waals surface area contributed by atoms with E-state index in [0.717, 1.165) is 19.3 Å². The molecule has 0 bridgehead atoms. The minimum atomic E-state index is -1.13. The fraction of sp³-hybridized carbons (Fsp3) is 0.611. The van der Waals surface area contributed by atoms with E-state index in [0.29, 0.717) is 12.8 Å². The van der Waals surface area contributed by atoms with Gasteiger partial charge in [-0.1, -0.05) is 40.0 Å². The molecule has 8 heteroatoms. The number of aliphatic carboxylic acids is 1. The molecular weight excluding hydrogens is 336 g/mol. The number of aromatic nitrogens is 2. The summed E-state index contributed by atoms with van der Waals surface area (Å²) >= 11 is 0. The normalized spacial score (nSPS) is 17.8. The number of carboxylic acids is 1. The second kappa shape index (κ2) is 7.80. The monoisotopic (exact) mass is 362 g/mol. The standard InChI is InChI=1S/C18H26N4O4/c1-17(2,3)13(15(24)25)21-16(26)18(7-5-4-6-8-18)22-14(23)12-11-19-9-10-20-12/h9-11,13H,4-8H2,1-3H3,(H,21,26)(H,22,23)(H,24,25). The molecule has 0 spiro atoms. The quantitative estimate of drug-likeness (QED) is 0.730. The average molecular weight is 362 g/mol. The van der Waals surface area contributed by atoms with E-state index in [1.165, 1.54) is 18.6 Å². The number of nitrogens with zero attached hydrogens (tertiary/aromatic N) is 2. The molecule has 2 rings (SSSR count). The van der Waals surface area contributed by atoms with Crippen LogP contribution in [0.15, 0.2) is 18.6 Å². The van der Waals surface area contributed by atoms with Crippen LogP contribution in [-0.2, 0) is 9.59 Å². The van der Waals surface area contributed by atoms with Crippen LogP contribution in [-0.4, -0.2) is 44.4 Å². The molecule has 142 valence electrons. The number of rotatable bonds is 5. The van der Waals surface area contributed by atoms with Crippen LogP contribution in [0.1, 0.15) is 63.4 Å². The molecule has 1 heterocycles. The fourth-order valence-corrected chi connectivity index (χ4v) is 3.18. The zero-order chi connectivity index (χ0) is 19.4. The Morgan fingerprint density at radius 3 is 2.31 bits per heavy atom. The number of amides is 2. The first-order valence-corrected chi connectivity index (χ1v) is 8.78. The van der Waals surface area contributed by atoms with Crippen LogP contribution in [0.5, 0.6) is 0 Å². The smallest absolute Gasteiger partial charge is 0.326 e. The van der Waals surface area contributed by atoms with Crippen molar-refractivity contribution in [3.63, 3.8) is 0 Å². The number of carbonyl (C=O) groups excluding carboxylic acids is 2. The van der Waals surface area contributed by atoms with Crippen molar-refractivity contribution in [1.29, 1.82) is 0 Å². The van der Waals surface area contributed by atoms with Gasteiger partial charge >= 0.3 is 5.97 Å². The first-order valence-electron chi connectivity index (χ1n) is 8.78. The molecule has 1 atom stereocenters. The van der Waals surface area contributed by atoms with E-state index in [1.54, 1.807) is 20.8 Å². The molecule has 1 aliphatic rings. The summed E-state index contributed by atoms with van der Waals surface area (Å²) in [6.45, 7) is 5.24. The summed E-state index contributed by atoms with van der Waals surface area (Å²) in [5, 5.41) is 14.9. The average Bonchev–Trinajstić information content (AvgIpc) is 2.59. The Labute approximate surface area is 152 Å². The van der Waals surface area contributed by atoms with Gasteiger partial charge in [0.05, 0.1) is 6.20 Å². The number of carboxylic acid groups (broad SMARTS) is 1. The van der Waals surface area contributed by atoms with Gasteiger partial charge in [-0.3, -0.25) is 14.6 Å². The van der Waals surface area contributed by atoms with E-state index in [1.807, 2.05) is 0 Å². The Hall–Kier alpha value is -2.51. The first kappa shape index (κ1) is 19.8. The van der Waals surface area contributed by atoms with E-state index < -0.39 is 34.8 Å². The summed E-state index contributed by atoms with van der Waals surface area (Å²) in [6.07, 6.45) is 7.64. The Kier molecular flexibility index (Phi) is 5.94. The molecule has 3 N–H and O–H groups in total. The second-order valence-electron chi connectivity index (χ2n) is 7.80. The third-order valence-electron chi connectivity index (χ3n) is 4.68. The van der Waals surface area contributed by atoms with E-state index in [4.69, 9.17) is 0 Å². The number of nitrogens with one attached hydrogen (secondary N) is 2. The maximum atomic E-state index is 13.0. The van der Waals surface area contributed by atoms with Gasteiger partial charge in [-0.25, -0.2) is 9.78 Å². The summed E-state index contributed by atoms with van der Waals surface area (Å²) in [6, 6.07) is -1.05. The molecule has 26 heavy (non-hydrogen) atoms. The van der Waals surface area contributed by atoms with Gasteiger partial charge < -0.3 is 15.7 Å². The molecule has 1 unspecified atom stereocenters. The summed E-state index contributed by atoms with van der Waals surface area (Å²) in [7, 11) is 0. The molecule has 2 amide bonds. The molecule has 1 aromatic heterocycles. The molecule has 0 radical (unpaired) electrons. The van der Waals surface area contributed by atoms with Crippen LogP contribution in [0.4, 0.5) is 0 Å². The zero-order valence-corrected chi connectivity index (χ0v) is 15.4. The maximum absolute atomic E-state index is 13.0. The lowest BCUT2D eigenvalue weighted by Gasteiger charge is -2.38. The lowest BCUT2D eigenvalue weighted by atomic mass is 9.79. The van der Waals surface area contributed by atoms with E-state index in [-0.39, 0.29) is 5.69 Å². The van der Waals surface area contributed by atoms with Gasteiger partial charge in [0.1, 0.15) is 17.3 Å². The number of hydrogen-bond donors (Lipinski definition) is 3.